The van der Waals surface area contributed by atoms with Gasteiger partial charge in [-0.25, -0.2) is 0 Å². The molecule has 4 aromatic carbocycles. The van der Waals surface area contributed by atoms with E-state index in [1.165, 1.54) is 55.1 Å². The van der Waals surface area contributed by atoms with Crippen LogP contribution in [-0.4, -0.2) is 49.1 Å². The van der Waals surface area contributed by atoms with Gasteiger partial charge in [0.05, 0.1) is 26.4 Å². The number of rotatable bonds is 18. The lowest BCUT2D eigenvalue weighted by Crippen LogP contribution is -2.19. The van der Waals surface area contributed by atoms with Gasteiger partial charge in [0.15, 0.2) is 0 Å². The molecule has 0 fully saturated rings. The van der Waals surface area contributed by atoms with E-state index in [2.05, 4.69) is 144 Å². The van der Waals surface area contributed by atoms with Crippen molar-refractivity contribution < 1.29 is 18.9 Å². The predicted molar refractivity (Wildman–Crippen MR) is 254 cm³/mol. The van der Waals surface area contributed by atoms with Gasteiger partial charge in [0.1, 0.15) is 23.0 Å². The van der Waals surface area contributed by atoms with E-state index < -0.39 is 15.8 Å². The molecular weight excluding hydrogens is 751 g/mol. The summed E-state index contributed by atoms with van der Waals surface area (Å²) in [5.74, 6) is 4.09. The largest absolute Gasteiger partial charge is 0.493 e. The third-order valence-electron chi connectivity index (χ3n) is 11.0. The Hall–Kier alpha value is -3.06. The monoisotopic (exact) mass is 825 g/mol. The van der Waals surface area contributed by atoms with Crippen LogP contribution in [0.5, 0.6) is 23.0 Å². The van der Waals surface area contributed by atoms with Crippen molar-refractivity contribution in [2.45, 2.75) is 157 Å². The molecule has 1 aliphatic carbocycles. The van der Waals surface area contributed by atoms with Crippen molar-refractivity contribution in [3.05, 3.63) is 105 Å². The van der Waals surface area contributed by atoms with Crippen LogP contribution in [0.15, 0.2) is 60.7 Å². The summed E-state index contributed by atoms with van der Waals surface area (Å²) in [5, 5.41) is 2.92. The van der Waals surface area contributed by atoms with E-state index in [1.54, 1.807) is 0 Å². The molecule has 0 saturated carbocycles. The van der Waals surface area contributed by atoms with E-state index >= 15 is 0 Å². The Morgan fingerprint density at radius 3 is 0.810 bits per heavy atom. The second kappa shape index (κ2) is 22.0. The molecule has 316 valence electrons. The first-order valence-corrected chi connectivity index (χ1v) is 25.5. The van der Waals surface area contributed by atoms with Crippen molar-refractivity contribution in [3.8, 4) is 23.0 Å². The van der Waals surface area contributed by atoms with E-state index in [0.29, 0.717) is 49.1 Å². The van der Waals surface area contributed by atoms with Crippen molar-refractivity contribution >= 4 is 26.5 Å². The minimum atomic E-state index is -0.414. The molecule has 0 N–H and O–H groups in total. The number of para-hydroxylation sites is 2. The Morgan fingerprint density at radius 1 is 0.379 bits per heavy atom. The SMILES string of the molecule is CCCOc1c2cccc1Cc1cc(P(C(C)C)C(C)C)cc(c1OCCC)Cc1cccc(c1OCCC)Cc1cc(P(C(C)C)C(C)C)cc(c1OCCC)C2. The Labute approximate surface area is 355 Å². The van der Waals surface area contributed by atoms with E-state index in [9.17, 15) is 0 Å². The van der Waals surface area contributed by atoms with Gasteiger partial charge in [-0.05, 0) is 128 Å². The van der Waals surface area contributed by atoms with Gasteiger partial charge in [-0.15, -0.1) is 0 Å². The molecule has 0 heterocycles. The van der Waals surface area contributed by atoms with Gasteiger partial charge >= 0.3 is 0 Å². The van der Waals surface area contributed by atoms with E-state index in [-0.39, 0.29) is 0 Å². The summed E-state index contributed by atoms with van der Waals surface area (Å²) in [6, 6.07) is 23.6. The number of ether oxygens (including phenoxy) is 4. The van der Waals surface area contributed by atoms with Gasteiger partial charge < -0.3 is 18.9 Å². The summed E-state index contributed by atoms with van der Waals surface area (Å²) in [6.45, 7) is 30.7. The number of hydrogen-bond donors (Lipinski definition) is 0. The third kappa shape index (κ3) is 11.2. The van der Waals surface area contributed by atoms with Crippen LogP contribution in [0.25, 0.3) is 0 Å². The normalized spacial score (nSPS) is 13.0. The molecular formula is C52H74O4P2. The van der Waals surface area contributed by atoms with Crippen LogP contribution in [0.2, 0.25) is 0 Å². The molecule has 0 unspecified atom stereocenters. The molecule has 0 radical (unpaired) electrons. The van der Waals surface area contributed by atoms with Crippen molar-refractivity contribution in [3.63, 3.8) is 0 Å². The average Bonchev–Trinajstić information content (AvgIpc) is 3.16. The number of benzene rings is 4. The van der Waals surface area contributed by atoms with Gasteiger partial charge in [0.2, 0.25) is 0 Å². The number of fused-ring (bicyclic) bond motifs is 8. The molecule has 8 bridgehead atoms. The topological polar surface area (TPSA) is 36.9 Å². The third-order valence-corrected chi connectivity index (χ3v) is 17.1. The minimum absolute atomic E-state index is 0.414. The van der Waals surface area contributed by atoms with Gasteiger partial charge in [0, 0.05) is 25.7 Å². The van der Waals surface area contributed by atoms with E-state index in [0.717, 1.165) is 74.4 Å². The summed E-state index contributed by atoms with van der Waals surface area (Å²) in [7, 11) is -0.828. The Morgan fingerprint density at radius 2 is 0.603 bits per heavy atom. The standard InChI is InChI=1S/C52H74O4P2/c1-13-23-53-49-39-19-17-20-40(49)28-44-32-48(58(37(9)10)38(11)12)34-46(52(44)56-26-16-4)30-42-22-18-21-41(50(42)54-24-14-2)29-45-33-47(57(35(5)6)36(7)8)31-43(27-39)51(45)55-25-15-3/h17-22,31-38H,13-16,23-30H2,1-12H3. The van der Waals surface area contributed by atoms with Crippen molar-refractivity contribution in [1.82, 2.24) is 0 Å². The highest BCUT2D eigenvalue weighted by Crippen LogP contribution is 2.49. The maximum Gasteiger partial charge on any atom is 0.126 e. The highest BCUT2D eigenvalue weighted by Gasteiger charge is 2.28. The highest BCUT2D eigenvalue weighted by molar-refractivity contribution is 7.67. The predicted octanol–water partition coefficient (Wildman–Crippen LogP) is 13.4. The molecule has 0 amide bonds. The fourth-order valence-electron chi connectivity index (χ4n) is 8.89. The van der Waals surface area contributed by atoms with Crippen LogP contribution in [0.4, 0.5) is 0 Å². The van der Waals surface area contributed by atoms with Crippen molar-refractivity contribution in [2.75, 3.05) is 26.4 Å². The summed E-state index contributed by atoms with van der Waals surface area (Å²) in [6.07, 6.45) is 6.74. The highest BCUT2D eigenvalue weighted by atomic mass is 31.1. The zero-order valence-electron chi connectivity index (χ0n) is 38.1. The lowest BCUT2D eigenvalue weighted by molar-refractivity contribution is 0.304. The number of hydrogen-bond acceptors (Lipinski definition) is 4. The molecule has 58 heavy (non-hydrogen) atoms. The van der Waals surface area contributed by atoms with Crippen LogP contribution < -0.4 is 29.6 Å². The van der Waals surface area contributed by atoms with Crippen LogP contribution in [-0.2, 0) is 25.7 Å². The molecule has 0 spiro atoms. The fourth-order valence-corrected chi connectivity index (χ4v) is 14.9. The van der Waals surface area contributed by atoms with Crippen molar-refractivity contribution in [2.24, 2.45) is 0 Å². The van der Waals surface area contributed by atoms with Gasteiger partial charge in [0.25, 0.3) is 0 Å². The first kappa shape index (κ1) is 46.0. The second-order valence-electron chi connectivity index (χ2n) is 17.3. The lowest BCUT2D eigenvalue weighted by Gasteiger charge is -2.29. The zero-order chi connectivity index (χ0) is 41.9. The molecule has 6 heteroatoms. The average molecular weight is 825 g/mol. The van der Waals surface area contributed by atoms with E-state index in [1.807, 2.05) is 0 Å². The lowest BCUT2D eigenvalue weighted by atomic mass is 9.91. The molecule has 4 nitrogen and oxygen atoms in total. The molecule has 4 aromatic rings. The smallest absolute Gasteiger partial charge is 0.126 e. The summed E-state index contributed by atoms with van der Waals surface area (Å²) in [4.78, 5) is 0. The van der Waals surface area contributed by atoms with Gasteiger partial charge in [-0.3, -0.25) is 0 Å². The molecule has 5 rings (SSSR count). The molecule has 0 atom stereocenters. The maximum atomic E-state index is 6.88. The fraction of sp³-hybridized carbons (Fsp3) is 0.538. The molecule has 1 aliphatic rings. The Kier molecular flexibility index (Phi) is 17.4. The van der Waals surface area contributed by atoms with Crippen molar-refractivity contribution in [1.29, 1.82) is 0 Å². The molecule has 0 aliphatic heterocycles. The summed E-state index contributed by atoms with van der Waals surface area (Å²) >= 11 is 0. The van der Waals surface area contributed by atoms with Crippen LogP contribution in [0, 0.1) is 0 Å². The van der Waals surface area contributed by atoms with Crippen LogP contribution >= 0.6 is 15.8 Å². The van der Waals surface area contributed by atoms with Gasteiger partial charge in [-0.1, -0.05) is 135 Å². The summed E-state index contributed by atoms with van der Waals surface area (Å²) < 4.78 is 27.5. The maximum absolute atomic E-state index is 6.88. The quantitative estimate of drug-likeness (QED) is 0.0825. The Balaban J connectivity index is 1.90. The molecule has 0 aromatic heterocycles. The van der Waals surface area contributed by atoms with Crippen LogP contribution in [0.1, 0.15) is 153 Å². The zero-order valence-corrected chi connectivity index (χ0v) is 39.9. The summed E-state index contributed by atoms with van der Waals surface area (Å²) in [5.41, 5.74) is 12.1. The molecule has 0 saturated heterocycles. The first-order valence-electron chi connectivity index (χ1n) is 22.5. The van der Waals surface area contributed by atoms with Gasteiger partial charge in [-0.2, -0.15) is 0 Å². The Bertz CT molecular complexity index is 1680. The minimum Gasteiger partial charge on any atom is -0.493 e. The first-order chi connectivity index (χ1) is 27.9. The van der Waals surface area contributed by atoms with E-state index in [4.69, 9.17) is 18.9 Å². The van der Waals surface area contributed by atoms with Crippen LogP contribution in [0.3, 0.4) is 0 Å². The second-order valence-corrected chi connectivity index (χ2v) is 24.1.